The minimum atomic E-state index is -0.594. The number of pyridine rings is 1. The Morgan fingerprint density at radius 2 is 2.00 bits per heavy atom. The molecule has 1 aliphatic carbocycles. The van der Waals surface area contributed by atoms with Crippen LogP contribution in [0.3, 0.4) is 0 Å². The maximum Gasteiger partial charge on any atom is 0.340 e. The first-order valence-electron chi connectivity index (χ1n) is 8.05. The second kappa shape index (κ2) is 7.44. The highest BCUT2D eigenvalue weighted by molar-refractivity contribution is 5.93. The summed E-state index contributed by atoms with van der Waals surface area (Å²) in [6.07, 6.45) is 4.40. The van der Waals surface area contributed by atoms with Crippen LogP contribution in [-0.4, -0.2) is 29.5 Å². The van der Waals surface area contributed by atoms with E-state index in [1.165, 1.54) is 12.5 Å². The number of amides is 1. The standard InChI is InChI=1S/C17H24N2O4/c1-10-6-4-5-7-13(10)19-15(21)9-23-17(22)16-11(2)8-14(20)18-12(16)3/h8,10,13H,4-7,9H2,1-3H3,(H,18,20)(H,19,21)/t10-,13+/m0/s1. The molecule has 2 atom stereocenters. The Kier molecular flexibility index (Phi) is 5.58. The number of carbonyl (C=O) groups excluding carboxylic acids is 2. The van der Waals surface area contributed by atoms with Crippen LogP contribution in [0, 0.1) is 19.8 Å². The van der Waals surface area contributed by atoms with Crippen molar-refractivity contribution in [3.05, 3.63) is 33.2 Å². The fourth-order valence-corrected chi connectivity index (χ4v) is 3.14. The lowest BCUT2D eigenvalue weighted by Gasteiger charge is -2.29. The molecule has 1 amide bonds. The van der Waals surface area contributed by atoms with Gasteiger partial charge in [0.2, 0.25) is 5.56 Å². The van der Waals surface area contributed by atoms with E-state index < -0.39 is 5.97 Å². The van der Waals surface area contributed by atoms with E-state index in [-0.39, 0.29) is 24.1 Å². The summed E-state index contributed by atoms with van der Waals surface area (Å²) in [5.74, 6) is -0.424. The van der Waals surface area contributed by atoms with Gasteiger partial charge in [-0.05, 0) is 38.2 Å². The van der Waals surface area contributed by atoms with E-state index in [2.05, 4.69) is 17.2 Å². The van der Waals surface area contributed by atoms with Crippen molar-refractivity contribution in [2.75, 3.05) is 6.61 Å². The molecule has 1 aromatic heterocycles. The third-order valence-electron chi connectivity index (χ3n) is 4.42. The molecule has 23 heavy (non-hydrogen) atoms. The predicted molar refractivity (Wildman–Crippen MR) is 86.4 cm³/mol. The lowest BCUT2D eigenvalue weighted by atomic mass is 9.86. The average molecular weight is 320 g/mol. The third kappa shape index (κ3) is 4.43. The molecule has 0 aliphatic heterocycles. The van der Waals surface area contributed by atoms with Gasteiger partial charge in [-0.15, -0.1) is 0 Å². The first kappa shape index (κ1) is 17.2. The molecule has 0 radical (unpaired) electrons. The molecule has 6 nitrogen and oxygen atoms in total. The quantitative estimate of drug-likeness (QED) is 0.829. The van der Waals surface area contributed by atoms with Crippen LogP contribution in [0.15, 0.2) is 10.9 Å². The molecule has 6 heteroatoms. The number of aromatic nitrogens is 1. The molecule has 2 N–H and O–H groups in total. The summed E-state index contributed by atoms with van der Waals surface area (Å²) in [5.41, 5.74) is 1.03. The topological polar surface area (TPSA) is 88.3 Å². The van der Waals surface area contributed by atoms with Crippen molar-refractivity contribution in [3.63, 3.8) is 0 Å². The van der Waals surface area contributed by atoms with E-state index in [1.807, 2.05) is 0 Å². The van der Waals surface area contributed by atoms with Gasteiger partial charge in [0.25, 0.3) is 5.91 Å². The highest BCUT2D eigenvalue weighted by atomic mass is 16.5. The highest BCUT2D eigenvalue weighted by Gasteiger charge is 2.23. The van der Waals surface area contributed by atoms with E-state index >= 15 is 0 Å². The molecule has 1 aliphatic rings. The smallest absolute Gasteiger partial charge is 0.340 e. The molecule has 1 fully saturated rings. The molecular formula is C17H24N2O4. The zero-order valence-corrected chi connectivity index (χ0v) is 13.9. The van der Waals surface area contributed by atoms with Gasteiger partial charge >= 0.3 is 5.97 Å². The Balaban J connectivity index is 1.91. The molecule has 2 rings (SSSR count). The maximum absolute atomic E-state index is 12.1. The highest BCUT2D eigenvalue weighted by Crippen LogP contribution is 2.23. The van der Waals surface area contributed by atoms with E-state index in [1.54, 1.807) is 13.8 Å². The lowest BCUT2D eigenvalue weighted by Crippen LogP contribution is -2.43. The maximum atomic E-state index is 12.1. The van der Waals surface area contributed by atoms with Gasteiger partial charge in [-0.3, -0.25) is 9.59 Å². The van der Waals surface area contributed by atoms with E-state index in [4.69, 9.17) is 4.74 Å². The molecule has 1 saturated carbocycles. The molecule has 126 valence electrons. The number of H-pyrrole nitrogens is 1. The largest absolute Gasteiger partial charge is 0.452 e. The summed E-state index contributed by atoms with van der Waals surface area (Å²) in [4.78, 5) is 38.0. The zero-order valence-electron chi connectivity index (χ0n) is 13.9. The number of rotatable bonds is 4. The molecule has 0 aromatic carbocycles. The normalized spacial score (nSPS) is 20.8. The molecule has 1 heterocycles. The van der Waals surface area contributed by atoms with Crippen LogP contribution in [0.5, 0.6) is 0 Å². The molecule has 0 bridgehead atoms. The van der Waals surface area contributed by atoms with Crippen LogP contribution in [-0.2, 0) is 9.53 Å². The molecule has 0 saturated heterocycles. The number of hydrogen-bond acceptors (Lipinski definition) is 4. The Labute approximate surface area is 135 Å². The molecule has 1 aromatic rings. The first-order chi connectivity index (χ1) is 10.9. The second-order valence-corrected chi connectivity index (χ2v) is 6.33. The predicted octanol–water partition coefficient (Wildman–Crippen LogP) is 1.84. The fraction of sp³-hybridized carbons (Fsp3) is 0.588. The summed E-state index contributed by atoms with van der Waals surface area (Å²) in [5, 5.41) is 2.94. The number of esters is 1. The van der Waals surface area contributed by atoms with Crippen molar-refractivity contribution < 1.29 is 14.3 Å². The Morgan fingerprint density at radius 1 is 1.30 bits per heavy atom. The van der Waals surface area contributed by atoms with Crippen molar-refractivity contribution in [2.24, 2.45) is 5.92 Å². The van der Waals surface area contributed by atoms with Crippen molar-refractivity contribution >= 4 is 11.9 Å². The van der Waals surface area contributed by atoms with E-state index in [9.17, 15) is 14.4 Å². The van der Waals surface area contributed by atoms with Gasteiger partial charge in [0.1, 0.15) is 0 Å². The summed E-state index contributed by atoms with van der Waals surface area (Å²) < 4.78 is 5.10. The average Bonchev–Trinajstić information content (AvgIpc) is 2.46. The first-order valence-corrected chi connectivity index (χ1v) is 8.05. The van der Waals surface area contributed by atoms with Crippen LogP contribution < -0.4 is 10.9 Å². The monoisotopic (exact) mass is 320 g/mol. The van der Waals surface area contributed by atoms with Crippen LogP contribution in [0.4, 0.5) is 0 Å². The third-order valence-corrected chi connectivity index (χ3v) is 4.42. The number of ether oxygens (including phenoxy) is 1. The summed E-state index contributed by atoms with van der Waals surface area (Å²) in [7, 11) is 0. The van der Waals surface area contributed by atoms with Gasteiger partial charge in [0.05, 0.1) is 5.56 Å². The van der Waals surface area contributed by atoms with Gasteiger partial charge in [-0.1, -0.05) is 19.8 Å². The van der Waals surface area contributed by atoms with Crippen molar-refractivity contribution in [3.8, 4) is 0 Å². The Morgan fingerprint density at radius 3 is 2.65 bits per heavy atom. The van der Waals surface area contributed by atoms with Crippen LogP contribution in [0.2, 0.25) is 0 Å². The van der Waals surface area contributed by atoms with Crippen molar-refractivity contribution in [1.82, 2.24) is 10.3 Å². The van der Waals surface area contributed by atoms with Crippen LogP contribution in [0.1, 0.15) is 54.2 Å². The minimum absolute atomic E-state index is 0.159. The van der Waals surface area contributed by atoms with E-state index in [0.717, 1.165) is 19.3 Å². The van der Waals surface area contributed by atoms with Crippen molar-refractivity contribution in [1.29, 1.82) is 0 Å². The number of aromatic amines is 1. The van der Waals surface area contributed by atoms with Crippen LogP contribution in [0.25, 0.3) is 0 Å². The number of nitrogens with one attached hydrogen (secondary N) is 2. The van der Waals surface area contributed by atoms with E-state index in [0.29, 0.717) is 22.7 Å². The second-order valence-electron chi connectivity index (χ2n) is 6.33. The number of hydrogen-bond donors (Lipinski definition) is 2. The SMILES string of the molecule is Cc1cc(=O)[nH]c(C)c1C(=O)OCC(=O)N[C@@H]1CCCC[C@@H]1C. The number of carbonyl (C=O) groups is 2. The lowest BCUT2D eigenvalue weighted by molar-refractivity contribution is -0.125. The summed E-state index contributed by atoms with van der Waals surface area (Å²) in [6, 6.07) is 1.50. The van der Waals surface area contributed by atoms with Gasteiger partial charge in [-0.2, -0.15) is 0 Å². The molecular weight excluding hydrogens is 296 g/mol. The zero-order chi connectivity index (χ0) is 17.0. The van der Waals surface area contributed by atoms with Crippen LogP contribution >= 0.6 is 0 Å². The van der Waals surface area contributed by atoms with Gasteiger partial charge < -0.3 is 15.0 Å². The fourth-order valence-electron chi connectivity index (χ4n) is 3.14. The number of aryl methyl sites for hydroxylation is 2. The summed E-state index contributed by atoms with van der Waals surface area (Å²) in [6.45, 7) is 5.13. The van der Waals surface area contributed by atoms with Gasteiger partial charge in [-0.25, -0.2) is 4.79 Å². The summed E-state index contributed by atoms with van der Waals surface area (Å²) >= 11 is 0. The molecule has 0 unspecified atom stereocenters. The Bertz CT molecular complexity index is 624. The minimum Gasteiger partial charge on any atom is -0.452 e. The van der Waals surface area contributed by atoms with Crippen molar-refractivity contribution in [2.45, 2.75) is 52.5 Å². The molecule has 0 spiro atoms. The van der Waals surface area contributed by atoms with Gasteiger partial charge in [0, 0.05) is 17.8 Å². The van der Waals surface area contributed by atoms with Gasteiger partial charge in [0.15, 0.2) is 6.61 Å². The Hall–Kier alpha value is -2.11.